The van der Waals surface area contributed by atoms with Crippen molar-refractivity contribution in [3.8, 4) is 5.75 Å². The molecule has 20 heavy (non-hydrogen) atoms. The number of benzene rings is 1. The number of hydrogen-bond donors (Lipinski definition) is 2. The molecule has 0 spiro atoms. The Labute approximate surface area is 117 Å². The van der Waals surface area contributed by atoms with E-state index >= 15 is 0 Å². The van der Waals surface area contributed by atoms with Crippen molar-refractivity contribution in [2.45, 2.75) is 37.5 Å². The molecule has 1 fully saturated rings. The minimum atomic E-state index is -0.840. The van der Waals surface area contributed by atoms with Crippen molar-refractivity contribution in [3.63, 3.8) is 0 Å². The van der Waals surface area contributed by atoms with Crippen LogP contribution >= 0.6 is 0 Å². The van der Waals surface area contributed by atoms with Crippen LogP contribution in [0.5, 0.6) is 5.75 Å². The number of pyridine rings is 1. The van der Waals surface area contributed by atoms with Crippen molar-refractivity contribution in [2.24, 2.45) is 0 Å². The maximum atomic E-state index is 11.9. The summed E-state index contributed by atoms with van der Waals surface area (Å²) in [5, 5.41) is 20.4. The molecule has 1 aromatic carbocycles. The molecule has 104 valence electrons. The van der Waals surface area contributed by atoms with Crippen LogP contribution in [0.4, 0.5) is 0 Å². The van der Waals surface area contributed by atoms with Gasteiger partial charge < -0.3 is 10.2 Å². The SMILES string of the molecule is O=C(O)C1(c2ccc(O)c3ncccc23)CCCCC1. The van der Waals surface area contributed by atoms with E-state index in [1.54, 1.807) is 24.4 Å². The molecule has 0 radical (unpaired) electrons. The number of aromatic hydroxyl groups is 1. The largest absolute Gasteiger partial charge is 0.506 e. The van der Waals surface area contributed by atoms with Gasteiger partial charge >= 0.3 is 5.97 Å². The smallest absolute Gasteiger partial charge is 0.314 e. The lowest BCUT2D eigenvalue weighted by atomic mass is 9.68. The molecule has 2 aromatic rings. The van der Waals surface area contributed by atoms with E-state index in [4.69, 9.17) is 0 Å². The summed E-state index contributed by atoms with van der Waals surface area (Å²) < 4.78 is 0. The zero-order valence-corrected chi connectivity index (χ0v) is 11.2. The zero-order chi connectivity index (χ0) is 14.2. The van der Waals surface area contributed by atoms with Gasteiger partial charge in [0, 0.05) is 11.6 Å². The molecular weight excluding hydrogens is 254 g/mol. The van der Waals surface area contributed by atoms with Gasteiger partial charge in [-0.2, -0.15) is 0 Å². The third kappa shape index (κ3) is 1.83. The molecule has 0 bridgehead atoms. The number of carboxylic acids is 1. The van der Waals surface area contributed by atoms with E-state index in [9.17, 15) is 15.0 Å². The Morgan fingerprint density at radius 3 is 2.60 bits per heavy atom. The van der Waals surface area contributed by atoms with Crippen molar-refractivity contribution in [2.75, 3.05) is 0 Å². The number of aromatic nitrogens is 1. The minimum Gasteiger partial charge on any atom is -0.506 e. The van der Waals surface area contributed by atoms with Crippen molar-refractivity contribution in [1.82, 2.24) is 4.98 Å². The van der Waals surface area contributed by atoms with Gasteiger partial charge in [0.25, 0.3) is 0 Å². The second-order valence-electron chi connectivity index (χ2n) is 5.48. The predicted octanol–water partition coefficient (Wildman–Crippen LogP) is 3.23. The average Bonchev–Trinajstić information content (AvgIpc) is 2.48. The molecule has 1 aromatic heterocycles. The van der Waals surface area contributed by atoms with Gasteiger partial charge in [0.1, 0.15) is 11.3 Å². The lowest BCUT2D eigenvalue weighted by molar-refractivity contribution is -0.145. The average molecular weight is 271 g/mol. The Hall–Kier alpha value is -2.10. The maximum absolute atomic E-state index is 11.9. The van der Waals surface area contributed by atoms with Gasteiger partial charge in [-0.1, -0.05) is 31.4 Å². The molecule has 0 amide bonds. The van der Waals surface area contributed by atoms with Gasteiger partial charge in [-0.05, 0) is 30.5 Å². The molecule has 1 aliphatic rings. The van der Waals surface area contributed by atoms with Crippen molar-refractivity contribution in [3.05, 3.63) is 36.0 Å². The molecule has 0 aliphatic heterocycles. The predicted molar refractivity (Wildman–Crippen MR) is 75.8 cm³/mol. The normalized spacial score (nSPS) is 18.0. The summed E-state index contributed by atoms with van der Waals surface area (Å²) >= 11 is 0. The summed E-state index contributed by atoms with van der Waals surface area (Å²) in [6, 6.07) is 6.93. The molecule has 0 atom stereocenters. The summed E-state index contributed by atoms with van der Waals surface area (Å²) in [6.45, 7) is 0. The van der Waals surface area contributed by atoms with Crippen LogP contribution in [0.15, 0.2) is 30.5 Å². The first-order valence-corrected chi connectivity index (χ1v) is 6.96. The number of fused-ring (bicyclic) bond motifs is 1. The van der Waals surface area contributed by atoms with Crippen molar-refractivity contribution < 1.29 is 15.0 Å². The van der Waals surface area contributed by atoms with Crippen molar-refractivity contribution in [1.29, 1.82) is 0 Å². The van der Waals surface area contributed by atoms with E-state index in [0.29, 0.717) is 18.4 Å². The van der Waals surface area contributed by atoms with E-state index in [0.717, 1.165) is 30.2 Å². The second kappa shape index (κ2) is 4.78. The lowest BCUT2D eigenvalue weighted by Crippen LogP contribution is -2.38. The number of carboxylic acid groups (broad SMARTS) is 1. The Morgan fingerprint density at radius 2 is 1.90 bits per heavy atom. The molecule has 4 heteroatoms. The summed E-state index contributed by atoms with van der Waals surface area (Å²) in [6.07, 6.45) is 5.85. The molecule has 3 rings (SSSR count). The van der Waals surface area contributed by atoms with E-state index in [1.165, 1.54) is 0 Å². The summed E-state index contributed by atoms with van der Waals surface area (Å²) in [5.74, 6) is -0.672. The maximum Gasteiger partial charge on any atom is 0.314 e. The summed E-state index contributed by atoms with van der Waals surface area (Å²) in [4.78, 5) is 16.1. The van der Waals surface area contributed by atoms with Crippen LogP contribution in [0.1, 0.15) is 37.7 Å². The number of hydrogen-bond acceptors (Lipinski definition) is 3. The van der Waals surface area contributed by atoms with Gasteiger partial charge in [0.2, 0.25) is 0 Å². The molecule has 1 heterocycles. The Bertz CT molecular complexity index is 660. The number of nitrogens with zero attached hydrogens (tertiary/aromatic N) is 1. The number of aliphatic carboxylic acids is 1. The molecule has 4 nitrogen and oxygen atoms in total. The van der Waals surface area contributed by atoms with Crippen LogP contribution in [0.3, 0.4) is 0 Å². The van der Waals surface area contributed by atoms with Gasteiger partial charge in [-0.25, -0.2) is 0 Å². The third-order valence-electron chi connectivity index (χ3n) is 4.38. The molecular formula is C16H17NO3. The number of carbonyl (C=O) groups is 1. The fourth-order valence-electron chi connectivity index (χ4n) is 3.33. The fourth-order valence-corrected chi connectivity index (χ4v) is 3.33. The quantitative estimate of drug-likeness (QED) is 0.879. The highest BCUT2D eigenvalue weighted by atomic mass is 16.4. The van der Waals surface area contributed by atoms with Crippen LogP contribution in [-0.2, 0) is 10.2 Å². The second-order valence-corrected chi connectivity index (χ2v) is 5.48. The van der Waals surface area contributed by atoms with Crippen LogP contribution in [0, 0.1) is 0 Å². The minimum absolute atomic E-state index is 0.0979. The summed E-state index contributed by atoms with van der Waals surface area (Å²) in [5.41, 5.74) is 0.426. The van der Waals surface area contributed by atoms with Gasteiger partial charge in [-0.3, -0.25) is 9.78 Å². The highest BCUT2D eigenvalue weighted by Crippen LogP contribution is 2.43. The van der Waals surface area contributed by atoms with Gasteiger partial charge in [0.05, 0.1) is 5.41 Å². The van der Waals surface area contributed by atoms with Crippen LogP contribution < -0.4 is 0 Å². The van der Waals surface area contributed by atoms with E-state index < -0.39 is 11.4 Å². The number of phenolic OH excluding ortho intramolecular Hbond substituents is 1. The number of rotatable bonds is 2. The Kier molecular flexibility index (Phi) is 3.08. The molecule has 0 saturated heterocycles. The zero-order valence-electron chi connectivity index (χ0n) is 11.2. The van der Waals surface area contributed by atoms with Crippen LogP contribution in [0.2, 0.25) is 0 Å². The standard InChI is InChI=1S/C16H17NO3/c18-13-7-6-12(11-5-4-10-17-14(11)13)16(15(19)20)8-2-1-3-9-16/h4-7,10,18H,1-3,8-9H2,(H,19,20). The topological polar surface area (TPSA) is 70.4 Å². The molecule has 1 aliphatic carbocycles. The van der Waals surface area contributed by atoms with E-state index in [2.05, 4.69) is 4.98 Å². The molecule has 0 unspecified atom stereocenters. The fraction of sp³-hybridized carbons (Fsp3) is 0.375. The first kappa shape index (κ1) is 12.9. The van der Waals surface area contributed by atoms with Crippen molar-refractivity contribution >= 4 is 16.9 Å². The van der Waals surface area contributed by atoms with E-state index in [1.807, 2.05) is 6.07 Å². The van der Waals surface area contributed by atoms with Gasteiger partial charge in [-0.15, -0.1) is 0 Å². The Balaban J connectivity index is 2.27. The molecule has 1 saturated carbocycles. The lowest BCUT2D eigenvalue weighted by Gasteiger charge is -2.34. The number of phenols is 1. The first-order chi connectivity index (χ1) is 9.65. The Morgan fingerprint density at radius 1 is 1.15 bits per heavy atom. The monoisotopic (exact) mass is 271 g/mol. The van der Waals surface area contributed by atoms with E-state index in [-0.39, 0.29) is 5.75 Å². The third-order valence-corrected chi connectivity index (χ3v) is 4.38. The molecule has 2 N–H and O–H groups in total. The highest BCUT2D eigenvalue weighted by Gasteiger charge is 2.42. The summed E-state index contributed by atoms with van der Waals surface area (Å²) in [7, 11) is 0. The highest BCUT2D eigenvalue weighted by molar-refractivity contribution is 5.94. The first-order valence-electron chi connectivity index (χ1n) is 6.96. The van der Waals surface area contributed by atoms with Gasteiger partial charge in [0.15, 0.2) is 0 Å². The van der Waals surface area contributed by atoms with Crippen LogP contribution in [0.25, 0.3) is 10.9 Å². The van der Waals surface area contributed by atoms with Crippen LogP contribution in [-0.4, -0.2) is 21.2 Å².